The summed E-state index contributed by atoms with van der Waals surface area (Å²) in [6.07, 6.45) is 5.26. The van der Waals surface area contributed by atoms with Gasteiger partial charge in [-0.25, -0.2) is 4.79 Å². The van der Waals surface area contributed by atoms with Crippen molar-refractivity contribution in [3.05, 3.63) is 30.0 Å². The molecule has 3 N–H and O–H groups in total. The van der Waals surface area contributed by atoms with Gasteiger partial charge in [0.1, 0.15) is 5.75 Å². The zero-order valence-electron chi connectivity index (χ0n) is 14.7. The number of amides is 2. The number of rotatable bonds is 4. The zero-order chi connectivity index (χ0) is 18.3. The van der Waals surface area contributed by atoms with Crippen molar-refractivity contribution in [2.45, 2.75) is 51.0 Å². The second-order valence-corrected chi connectivity index (χ2v) is 7.13. The molecule has 136 valence electrons. The molecule has 1 aromatic carbocycles. The van der Waals surface area contributed by atoms with Crippen molar-refractivity contribution >= 4 is 17.6 Å². The number of aromatic hydroxyl groups is 1. The summed E-state index contributed by atoms with van der Waals surface area (Å²) in [6, 6.07) is 6.74. The third-order valence-electron chi connectivity index (χ3n) is 4.95. The molecule has 4 rings (SSSR count). The molecule has 0 radical (unpaired) electrons. The van der Waals surface area contributed by atoms with E-state index in [1.54, 1.807) is 12.1 Å². The number of hydrogen-bond acceptors (Lipinski definition) is 4. The molecule has 26 heavy (non-hydrogen) atoms. The van der Waals surface area contributed by atoms with Gasteiger partial charge in [0.05, 0.1) is 11.4 Å². The molecule has 1 aromatic heterocycles. The lowest BCUT2D eigenvalue weighted by molar-refractivity contribution is -0.114. The highest BCUT2D eigenvalue weighted by Crippen LogP contribution is 2.39. The summed E-state index contributed by atoms with van der Waals surface area (Å²) in [6.45, 7) is 1.43. The van der Waals surface area contributed by atoms with Gasteiger partial charge < -0.3 is 15.7 Å². The summed E-state index contributed by atoms with van der Waals surface area (Å²) in [5.41, 5.74) is 2.48. The molecule has 0 saturated heterocycles. The van der Waals surface area contributed by atoms with E-state index in [2.05, 4.69) is 15.7 Å². The van der Waals surface area contributed by atoms with E-state index < -0.39 is 0 Å². The minimum Gasteiger partial charge on any atom is -0.507 e. The SMILES string of the molecule is CC(=O)Nc1ccc(O)c(-c2cc(C3CCC3)n(C(=O)NC3CC3)n2)c1. The van der Waals surface area contributed by atoms with Crippen LogP contribution in [0, 0.1) is 0 Å². The van der Waals surface area contributed by atoms with Gasteiger partial charge in [0.15, 0.2) is 0 Å². The number of nitrogens with zero attached hydrogens (tertiary/aromatic N) is 2. The first-order valence-corrected chi connectivity index (χ1v) is 9.03. The molecule has 7 heteroatoms. The third-order valence-corrected chi connectivity index (χ3v) is 4.95. The summed E-state index contributed by atoms with van der Waals surface area (Å²) in [5.74, 6) is 0.194. The Balaban J connectivity index is 1.71. The fraction of sp³-hybridized carbons (Fsp3) is 0.421. The Morgan fingerprint density at radius 2 is 1.96 bits per heavy atom. The quantitative estimate of drug-likeness (QED) is 0.735. The Hall–Kier alpha value is -2.83. The number of aromatic nitrogens is 2. The van der Waals surface area contributed by atoms with E-state index in [1.807, 2.05) is 6.07 Å². The number of nitrogens with one attached hydrogen (secondary N) is 2. The number of phenolic OH excluding ortho intramolecular Hbond substituents is 1. The Kier molecular flexibility index (Phi) is 4.14. The molecule has 0 atom stereocenters. The zero-order valence-corrected chi connectivity index (χ0v) is 14.7. The highest BCUT2D eigenvalue weighted by Gasteiger charge is 2.30. The van der Waals surface area contributed by atoms with E-state index >= 15 is 0 Å². The van der Waals surface area contributed by atoms with E-state index in [0.29, 0.717) is 22.9 Å². The monoisotopic (exact) mass is 354 g/mol. The molecule has 1 heterocycles. The lowest BCUT2D eigenvalue weighted by atomic mass is 9.82. The predicted molar refractivity (Wildman–Crippen MR) is 97.2 cm³/mol. The molecule has 0 unspecified atom stereocenters. The van der Waals surface area contributed by atoms with Crippen LogP contribution in [0.1, 0.15) is 50.6 Å². The number of carbonyl (C=O) groups excluding carboxylic acids is 2. The molecule has 2 fully saturated rings. The topological polar surface area (TPSA) is 96.2 Å². The molecular weight excluding hydrogens is 332 g/mol. The van der Waals surface area contributed by atoms with Crippen LogP contribution in [0.2, 0.25) is 0 Å². The third kappa shape index (κ3) is 3.29. The molecule has 0 bridgehead atoms. The Morgan fingerprint density at radius 1 is 1.19 bits per heavy atom. The minimum absolute atomic E-state index is 0.0616. The number of carbonyl (C=O) groups is 2. The number of phenols is 1. The van der Waals surface area contributed by atoms with Crippen molar-refractivity contribution in [2.75, 3.05) is 5.32 Å². The van der Waals surface area contributed by atoms with Crippen molar-refractivity contribution in [3.8, 4) is 17.0 Å². The molecule has 7 nitrogen and oxygen atoms in total. The maximum Gasteiger partial charge on any atom is 0.342 e. The van der Waals surface area contributed by atoms with Crippen LogP contribution < -0.4 is 10.6 Å². The van der Waals surface area contributed by atoms with Gasteiger partial charge in [-0.3, -0.25) is 4.79 Å². The van der Waals surface area contributed by atoms with Gasteiger partial charge in [-0.05, 0) is 49.9 Å². The molecule has 0 spiro atoms. The number of hydrogen-bond donors (Lipinski definition) is 3. The summed E-state index contributed by atoms with van der Waals surface area (Å²) in [4.78, 5) is 23.9. The van der Waals surface area contributed by atoms with Crippen LogP contribution in [0.15, 0.2) is 24.3 Å². The van der Waals surface area contributed by atoms with Crippen molar-refractivity contribution in [1.82, 2.24) is 15.1 Å². The fourth-order valence-electron chi connectivity index (χ4n) is 3.17. The van der Waals surface area contributed by atoms with Gasteiger partial charge in [0, 0.05) is 30.1 Å². The fourth-order valence-corrected chi connectivity index (χ4v) is 3.17. The summed E-state index contributed by atoms with van der Waals surface area (Å²) >= 11 is 0. The highest BCUT2D eigenvalue weighted by molar-refractivity contribution is 5.90. The van der Waals surface area contributed by atoms with Crippen LogP contribution in [-0.4, -0.2) is 32.9 Å². The second kappa shape index (κ2) is 6.48. The van der Waals surface area contributed by atoms with Gasteiger partial charge in [0.25, 0.3) is 0 Å². The molecule has 2 amide bonds. The first-order chi connectivity index (χ1) is 12.5. The van der Waals surface area contributed by atoms with Crippen molar-refractivity contribution in [1.29, 1.82) is 0 Å². The molecule has 2 aromatic rings. The van der Waals surface area contributed by atoms with Crippen molar-refractivity contribution in [3.63, 3.8) is 0 Å². The van der Waals surface area contributed by atoms with Crippen LogP contribution in [0.5, 0.6) is 5.75 Å². The van der Waals surface area contributed by atoms with Gasteiger partial charge >= 0.3 is 6.03 Å². The molecule has 2 aliphatic carbocycles. The van der Waals surface area contributed by atoms with Crippen LogP contribution >= 0.6 is 0 Å². The number of anilines is 1. The Morgan fingerprint density at radius 3 is 2.58 bits per heavy atom. The standard InChI is InChI=1S/C19H22N4O3/c1-11(24)20-14-7-8-18(25)15(9-14)16-10-17(12-3-2-4-12)23(22-16)19(26)21-13-5-6-13/h7-10,12-13,25H,2-6H2,1H3,(H,20,24)(H,21,26). The van der Waals surface area contributed by atoms with Crippen molar-refractivity contribution in [2.24, 2.45) is 0 Å². The normalized spacial score (nSPS) is 16.8. The van der Waals surface area contributed by atoms with E-state index in [4.69, 9.17) is 0 Å². The van der Waals surface area contributed by atoms with E-state index in [9.17, 15) is 14.7 Å². The lowest BCUT2D eigenvalue weighted by Crippen LogP contribution is -2.33. The Bertz CT molecular complexity index is 866. The highest BCUT2D eigenvalue weighted by atomic mass is 16.3. The van der Waals surface area contributed by atoms with Crippen LogP contribution in [0.4, 0.5) is 10.5 Å². The minimum atomic E-state index is -0.210. The van der Waals surface area contributed by atoms with E-state index in [0.717, 1.165) is 37.8 Å². The molecule has 0 aliphatic heterocycles. The average Bonchev–Trinajstić information content (AvgIpc) is 3.24. The lowest BCUT2D eigenvalue weighted by Gasteiger charge is -2.25. The van der Waals surface area contributed by atoms with Crippen molar-refractivity contribution < 1.29 is 14.7 Å². The molecular formula is C19H22N4O3. The first kappa shape index (κ1) is 16.6. The smallest absolute Gasteiger partial charge is 0.342 e. The maximum absolute atomic E-state index is 12.6. The number of benzene rings is 1. The summed E-state index contributed by atoms with van der Waals surface area (Å²) in [5, 5.41) is 20.4. The van der Waals surface area contributed by atoms with Crippen LogP contribution in [0.25, 0.3) is 11.3 Å². The van der Waals surface area contributed by atoms with Gasteiger partial charge in [-0.15, -0.1) is 0 Å². The van der Waals surface area contributed by atoms with Crippen LogP contribution in [-0.2, 0) is 4.79 Å². The first-order valence-electron chi connectivity index (χ1n) is 9.03. The van der Waals surface area contributed by atoms with E-state index in [1.165, 1.54) is 17.7 Å². The van der Waals surface area contributed by atoms with Gasteiger partial charge in [-0.1, -0.05) is 6.42 Å². The predicted octanol–water partition coefficient (Wildman–Crippen LogP) is 3.20. The Labute approximate surface area is 151 Å². The average molecular weight is 354 g/mol. The van der Waals surface area contributed by atoms with Gasteiger partial charge in [0.2, 0.25) is 5.91 Å². The van der Waals surface area contributed by atoms with Crippen LogP contribution in [0.3, 0.4) is 0 Å². The van der Waals surface area contributed by atoms with E-state index in [-0.39, 0.29) is 23.7 Å². The summed E-state index contributed by atoms with van der Waals surface area (Å²) < 4.78 is 1.45. The largest absolute Gasteiger partial charge is 0.507 e. The second-order valence-electron chi connectivity index (χ2n) is 7.13. The molecule has 2 saturated carbocycles. The summed E-state index contributed by atoms with van der Waals surface area (Å²) in [7, 11) is 0. The molecule has 2 aliphatic rings. The van der Waals surface area contributed by atoms with Gasteiger partial charge in [-0.2, -0.15) is 9.78 Å². The maximum atomic E-state index is 12.6.